The Labute approximate surface area is 131 Å². The van der Waals surface area contributed by atoms with Crippen molar-refractivity contribution >= 4 is 27.5 Å². The molecule has 0 radical (unpaired) electrons. The molecule has 1 aromatic carbocycles. The van der Waals surface area contributed by atoms with Crippen LogP contribution in [-0.4, -0.2) is 26.5 Å². The number of anilines is 1. The highest BCUT2D eigenvalue weighted by Crippen LogP contribution is 2.51. The van der Waals surface area contributed by atoms with Gasteiger partial charge in [-0.05, 0) is 48.4 Å². The van der Waals surface area contributed by atoms with E-state index < -0.39 is 10.0 Å². The van der Waals surface area contributed by atoms with Gasteiger partial charge < -0.3 is 5.73 Å². The Morgan fingerprint density at radius 2 is 1.90 bits per heavy atom. The molecule has 0 saturated heterocycles. The topological polar surface area (TPSA) is 72.2 Å². The zero-order valence-corrected chi connectivity index (χ0v) is 14.3. The molecule has 0 bridgehead atoms. The van der Waals surface area contributed by atoms with E-state index in [4.69, 9.17) is 5.73 Å². The van der Waals surface area contributed by atoms with Crippen LogP contribution in [0.1, 0.15) is 26.7 Å². The molecule has 0 unspecified atom stereocenters. The van der Waals surface area contributed by atoms with Crippen LogP contribution in [0.2, 0.25) is 0 Å². The lowest BCUT2D eigenvalue weighted by molar-refractivity contribution is 0.357. The molecule has 1 fully saturated rings. The van der Waals surface area contributed by atoms with E-state index in [1.165, 1.54) is 11.8 Å². The highest BCUT2D eigenvalue weighted by atomic mass is 32.2. The van der Waals surface area contributed by atoms with E-state index in [0.717, 1.165) is 23.4 Å². The maximum atomic E-state index is 12.0. The van der Waals surface area contributed by atoms with Crippen molar-refractivity contribution < 1.29 is 8.42 Å². The van der Waals surface area contributed by atoms with Crippen molar-refractivity contribution in [3.8, 4) is 0 Å². The van der Waals surface area contributed by atoms with E-state index in [1.807, 2.05) is 24.3 Å². The minimum absolute atomic E-state index is 0.149. The highest BCUT2D eigenvalue weighted by molar-refractivity contribution is 8.00. The maximum absolute atomic E-state index is 12.0. The molecule has 0 amide bonds. The van der Waals surface area contributed by atoms with E-state index >= 15 is 0 Å². The summed E-state index contributed by atoms with van der Waals surface area (Å²) in [5.41, 5.74) is 6.54. The van der Waals surface area contributed by atoms with Crippen LogP contribution in [0.4, 0.5) is 5.69 Å². The van der Waals surface area contributed by atoms with Crippen LogP contribution >= 0.6 is 11.8 Å². The number of nitrogens with one attached hydrogen (secondary N) is 1. The molecule has 0 aliphatic heterocycles. The van der Waals surface area contributed by atoms with Crippen LogP contribution < -0.4 is 10.5 Å². The monoisotopic (exact) mass is 328 g/mol. The molecule has 21 heavy (non-hydrogen) atoms. The Kier molecular flexibility index (Phi) is 5.22. The molecule has 118 valence electrons. The van der Waals surface area contributed by atoms with Gasteiger partial charge in [0.05, 0.1) is 5.75 Å². The van der Waals surface area contributed by atoms with Crippen molar-refractivity contribution in [2.75, 3.05) is 23.8 Å². The summed E-state index contributed by atoms with van der Waals surface area (Å²) in [6.45, 7) is 4.91. The molecule has 3 N–H and O–H groups in total. The lowest BCUT2D eigenvalue weighted by Gasteiger charge is -2.19. The van der Waals surface area contributed by atoms with Crippen molar-refractivity contribution in [1.82, 2.24) is 4.72 Å². The average molecular weight is 329 g/mol. The molecule has 0 aromatic heterocycles. The number of benzene rings is 1. The van der Waals surface area contributed by atoms with Gasteiger partial charge in [-0.3, -0.25) is 0 Å². The van der Waals surface area contributed by atoms with Gasteiger partial charge in [0.1, 0.15) is 0 Å². The van der Waals surface area contributed by atoms with Crippen LogP contribution in [0.5, 0.6) is 0 Å². The second kappa shape index (κ2) is 6.58. The summed E-state index contributed by atoms with van der Waals surface area (Å²) in [6.07, 6.45) is 2.26. The Morgan fingerprint density at radius 3 is 2.43 bits per heavy atom. The SMILES string of the molecule is CC(C)C1(CNS(=O)(=O)CCSc2ccc(N)cc2)CC1. The van der Waals surface area contributed by atoms with Crippen molar-refractivity contribution in [3.05, 3.63) is 24.3 Å². The Morgan fingerprint density at radius 1 is 1.29 bits per heavy atom. The summed E-state index contributed by atoms with van der Waals surface area (Å²) in [4.78, 5) is 1.04. The molecule has 6 heteroatoms. The van der Waals surface area contributed by atoms with E-state index in [1.54, 1.807) is 0 Å². The first-order valence-corrected chi connectivity index (χ1v) is 9.92. The molecule has 4 nitrogen and oxygen atoms in total. The summed E-state index contributed by atoms with van der Waals surface area (Å²) in [7, 11) is -3.18. The number of nitrogen functional groups attached to an aromatic ring is 1. The van der Waals surface area contributed by atoms with Crippen molar-refractivity contribution in [2.24, 2.45) is 11.3 Å². The zero-order valence-electron chi connectivity index (χ0n) is 12.6. The first kappa shape index (κ1) is 16.6. The maximum Gasteiger partial charge on any atom is 0.212 e. The fraction of sp³-hybridized carbons (Fsp3) is 0.600. The van der Waals surface area contributed by atoms with Crippen LogP contribution in [0.15, 0.2) is 29.2 Å². The largest absolute Gasteiger partial charge is 0.399 e. The van der Waals surface area contributed by atoms with Gasteiger partial charge in [0, 0.05) is 22.9 Å². The second-order valence-corrected chi connectivity index (χ2v) is 9.17. The highest BCUT2D eigenvalue weighted by Gasteiger charge is 2.45. The smallest absolute Gasteiger partial charge is 0.212 e. The summed E-state index contributed by atoms with van der Waals surface area (Å²) in [5, 5.41) is 0. The van der Waals surface area contributed by atoms with Crippen LogP contribution in [0, 0.1) is 11.3 Å². The second-order valence-electron chi connectivity index (χ2n) is 6.07. The number of hydrogen-bond donors (Lipinski definition) is 2. The molecule has 1 aliphatic carbocycles. The first-order valence-electron chi connectivity index (χ1n) is 7.29. The molecule has 1 aliphatic rings. The standard InChI is InChI=1S/C15H24N2O2S2/c1-12(2)15(7-8-15)11-17-21(18,19)10-9-20-14-5-3-13(16)4-6-14/h3-6,12,17H,7-11,16H2,1-2H3. The fourth-order valence-electron chi connectivity index (χ4n) is 2.28. The average Bonchev–Trinajstić information content (AvgIpc) is 3.20. The van der Waals surface area contributed by atoms with E-state index in [2.05, 4.69) is 18.6 Å². The summed E-state index contributed by atoms with van der Waals surface area (Å²) < 4.78 is 26.8. The normalized spacial score (nSPS) is 17.1. The summed E-state index contributed by atoms with van der Waals surface area (Å²) in [5.74, 6) is 1.23. The fourth-order valence-corrected chi connectivity index (χ4v) is 4.70. The molecule has 1 saturated carbocycles. The van der Waals surface area contributed by atoms with E-state index in [-0.39, 0.29) is 11.2 Å². The Balaban J connectivity index is 1.75. The third-order valence-corrected chi connectivity index (χ3v) is 6.86. The lowest BCUT2D eigenvalue weighted by Crippen LogP contribution is -2.34. The van der Waals surface area contributed by atoms with Gasteiger partial charge in [-0.15, -0.1) is 11.8 Å². The van der Waals surface area contributed by atoms with Gasteiger partial charge in [0.15, 0.2) is 0 Å². The third-order valence-electron chi connectivity index (χ3n) is 4.26. The van der Waals surface area contributed by atoms with Crippen molar-refractivity contribution in [2.45, 2.75) is 31.6 Å². The molecule has 0 spiro atoms. The van der Waals surface area contributed by atoms with Crippen molar-refractivity contribution in [3.63, 3.8) is 0 Å². The number of nitrogens with two attached hydrogens (primary N) is 1. The molecule has 2 rings (SSSR count). The van der Waals surface area contributed by atoms with Crippen molar-refractivity contribution in [1.29, 1.82) is 0 Å². The number of sulfonamides is 1. The quantitative estimate of drug-likeness (QED) is 0.568. The van der Waals surface area contributed by atoms with Gasteiger partial charge in [-0.1, -0.05) is 13.8 Å². The van der Waals surface area contributed by atoms with Crippen LogP contribution in [-0.2, 0) is 10.0 Å². The number of hydrogen-bond acceptors (Lipinski definition) is 4. The molecule has 0 heterocycles. The lowest BCUT2D eigenvalue weighted by atomic mass is 9.93. The zero-order chi connectivity index (χ0) is 15.5. The Bertz CT molecular complexity index is 564. The molecule has 1 aromatic rings. The predicted molar refractivity (Wildman–Crippen MR) is 89.9 cm³/mol. The molecular weight excluding hydrogens is 304 g/mol. The van der Waals surface area contributed by atoms with E-state index in [0.29, 0.717) is 18.2 Å². The number of rotatable bonds is 8. The predicted octanol–water partition coefficient (Wildman–Crippen LogP) is 2.72. The van der Waals surface area contributed by atoms with Gasteiger partial charge >= 0.3 is 0 Å². The first-order chi connectivity index (χ1) is 9.83. The van der Waals surface area contributed by atoms with Crippen LogP contribution in [0.3, 0.4) is 0 Å². The van der Waals surface area contributed by atoms with Crippen LogP contribution in [0.25, 0.3) is 0 Å². The molecular formula is C15H24N2O2S2. The van der Waals surface area contributed by atoms with E-state index in [9.17, 15) is 8.42 Å². The van der Waals surface area contributed by atoms with Gasteiger partial charge in [0.25, 0.3) is 0 Å². The molecule has 0 atom stereocenters. The van der Waals surface area contributed by atoms with Gasteiger partial charge in [-0.2, -0.15) is 0 Å². The van der Waals surface area contributed by atoms with Gasteiger partial charge in [-0.25, -0.2) is 13.1 Å². The Hall–Kier alpha value is -0.720. The third kappa shape index (κ3) is 4.90. The summed E-state index contributed by atoms with van der Waals surface area (Å²) >= 11 is 1.54. The minimum Gasteiger partial charge on any atom is -0.399 e. The minimum atomic E-state index is -3.18. The number of thioether (sulfide) groups is 1. The summed E-state index contributed by atoms with van der Waals surface area (Å²) in [6, 6.07) is 7.49. The van der Waals surface area contributed by atoms with Gasteiger partial charge in [0.2, 0.25) is 10.0 Å².